The maximum atomic E-state index is 12.4. The highest BCUT2D eigenvalue weighted by atomic mass is 35.5. The summed E-state index contributed by atoms with van der Waals surface area (Å²) in [5.74, 6) is -0.00154. The first-order valence-electron chi connectivity index (χ1n) is 11.1. The van der Waals surface area contributed by atoms with Crippen LogP contribution in [0.4, 0.5) is 0 Å². The van der Waals surface area contributed by atoms with Crippen LogP contribution in [0.2, 0.25) is 10.0 Å². The Morgan fingerprint density at radius 3 is 2.41 bits per heavy atom. The average Bonchev–Trinajstić information content (AvgIpc) is 3.35. The number of nitrogens with zero attached hydrogens (tertiary/aromatic N) is 2. The molecule has 0 unspecified atom stereocenters. The van der Waals surface area contributed by atoms with Gasteiger partial charge in [-0.2, -0.15) is 5.10 Å². The molecular formula is C28H22Cl2N2O5. The van der Waals surface area contributed by atoms with E-state index >= 15 is 0 Å². The van der Waals surface area contributed by atoms with Gasteiger partial charge in [-0.15, -0.1) is 0 Å². The molecular weight excluding hydrogens is 515 g/mol. The molecule has 0 radical (unpaired) electrons. The second kappa shape index (κ2) is 11.8. The Balaban J connectivity index is 1.58. The van der Waals surface area contributed by atoms with E-state index in [0.717, 1.165) is 11.3 Å². The first-order chi connectivity index (χ1) is 17.9. The van der Waals surface area contributed by atoms with Crippen molar-refractivity contribution in [3.05, 3.63) is 100 Å². The molecule has 0 N–H and O–H groups in total. The maximum absolute atomic E-state index is 12.4. The predicted molar refractivity (Wildman–Crippen MR) is 143 cm³/mol. The zero-order valence-corrected chi connectivity index (χ0v) is 21.5. The van der Waals surface area contributed by atoms with Crippen molar-refractivity contribution in [1.82, 2.24) is 9.78 Å². The Kier molecular flexibility index (Phi) is 8.28. The molecule has 0 aliphatic carbocycles. The zero-order chi connectivity index (χ0) is 26.4. The summed E-state index contributed by atoms with van der Waals surface area (Å²) >= 11 is 11.9. The molecule has 0 saturated heterocycles. The van der Waals surface area contributed by atoms with E-state index in [1.807, 2.05) is 36.4 Å². The highest BCUT2D eigenvalue weighted by Gasteiger charge is 2.15. The van der Waals surface area contributed by atoms with E-state index < -0.39 is 18.4 Å². The number of ether oxygens (including phenoxy) is 3. The van der Waals surface area contributed by atoms with E-state index in [1.165, 1.54) is 18.2 Å². The Labute approximate surface area is 223 Å². The van der Waals surface area contributed by atoms with Crippen LogP contribution in [0, 0.1) is 0 Å². The third kappa shape index (κ3) is 6.20. The van der Waals surface area contributed by atoms with Gasteiger partial charge in [0.25, 0.3) is 0 Å². The molecule has 4 rings (SSSR count). The Morgan fingerprint density at radius 2 is 1.70 bits per heavy atom. The van der Waals surface area contributed by atoms with Crippen molar-refractivity contribution in [3.8, 4) is 28.4 Å². The van der Waals surface area contributed by atoms with Gasteiger partial charge in [0.2, 0.25) is 5.78 Å². The summed E-state index contributed by atoms with van der Waals surface area (Å²) < 4.78 is 17.6. The van der Waals surface area contributed by atoms with Crippen molar-refractivity contribution in [1.29, 1.82) is 0 Å². The predicted octanol–water partition coefficient (Wildman–Crippen LogP) is 6.30. The molecule has 0 aliphatic rings. The van der Waals surface area contributed by atoms with Crippen molar-refractivity contribution in [2.45, 2.75) is 0 Å². The monoisotopic (exact) mass is 536 g/mol. The fraction of sp³-hybridized carbons (Fsp3) is 0.107. The number of ketones is 1. The lowest BCUT2D eigenvalue weighted by atomic mass is 10.1. The molecule has 9 heteroatoms. The van der Waals surface area contributed by atoms with Gasteiger partial charge in [-0.1, -0.05) is 41.4 Å². The molecule has 0 fully saturated rings. The number of hydrogen-bond donors (Lipinski definition) is 0. The van der Waals surface area contributed by atoms with Crippen molar-refractivity contribution >= 4 is 41.0 Å². The van der Waals surface area contributed by atoms with Crippen LogP contribution in [-0.2, 0) is 9.53 Å². The second-order valence-electron chi connectivity index (χ2n) is 7.77. The number of Topliss-reactive ketones (excluding diaryl/α,β-unsaturated/α-hetero) is 1. The van der Waals surface area contributed by atoms with Gasteiger partial charge in [-0.3, -0.25) is 4.79 Å². The van der Waals surface area contributed by atoms with Gasteiger partial charge in [0.1, 0.15) is 5.69 Å². The number of aromatic nitrogens is 2. The first-order valence-corrected chi connectivity index (χ1v) is 11.9. The van der Waals surface area contributed by atoms with Crippen molar-refractivity contribution < 1.29 is 23.8 Å². The van der Waals surface area contributed by atoms with Crippen LogP contribution in [0.15, 0.2) is 79.0 Å². The van der Waals surface area contributed by atoms with Gasteiger partial charge in [-0.25, -0.2) is 9.48 Å². The highest BCUT2D eigenvalue weighted by Crippen LogP contribution is 2.34. The van der Waals surface area contributed by atoms with E-state index in [2.05, 4.69) is 0 Å². The summed E-state index contributed by atoms with van der Waals surface area (Å²) in [5, 5.41) is 5.32. The molecule has 0 saturated carbocycles. The number of carbonyl (C=O) groups excluding carboxylic acids is 2. The molecule has 0 bridgehead atoms. The van der Waals surface area contributed by atoms with Crippen LogP contribution in [0.3, 0.4) is 0 Å². The molecule has 37 heavy (non-hydrogen) atoms. The number of esters is 1. The van der Waals surface area contributed by atoms with Gasteiger partial charge >= 0.3 is 5.97 Å². The van der Waals surface area contributed by atoms with E-state index in [1.54, 1.807) is 49.4 Å². The fourth-order valence-electron chi connectivity index (χ4n) is 3.57. The van der Waals surface area contributed by atoms with Gasteiger partial charge in [0.15, 0.2) is 18.1 Å². The van der Waals surface area contributed by atoms with Crippen LogP contribution in [-0.4, -0.2) is 42.4 Å². The van der Waals surface area contributed by atoms with Crippen molar-refractivity contribution in [2.24, 2.45) is 0 Å². The molecule has 0 atom stereocenters. The van der Waals surface area contributed by atoms with E-state index in [0.29, 0.717) is 27.8 Å². The average molecular weight is 537 g/mol. The lowest BCUT2D eigenvalue weighted by Gasteiger charge is -2.09. The number of hydrogen-bond acceptors (Lipinski definition) is 6. The summed E-state index contributed by atoms with van der Waals surface area (Å²) in [6.07, 6.45) is 4.62. The normalized spacial score (nSPS) is 10.9. The van der Waals surface area contributed by atoms with Gasteiger partial charge < -0.3 is 14.2 Å². The molecule has 3 aromatic carbocycles. The topological polar surface area (TPSA) is 79.7 Å². The molecule has 0 amide bonds. The minimum atomic E-state index is -0.691. The summed E-state index contributed by atoms with van der Waals surface area (Å²) in [6.45, 7) is -0.462. The number of rotatable bonds is 9. The second-order valence-corrected chi connectivity index (χ2v) is 8.61. The standard InChI is InChI=1S/C28H22Cl2N2O5/c1-35-25-12-8-18(14-26(25)36-2)28-19(16-32(31-28)21-6-4-3-5-7-21)9-13-27(34)37-17-24(33)22-11-10-20(29)15-23(22)30/h3-16H,17H2,1-2H3/b13-9+. The Bertz CT molecular complexity index is 1460. The lowest BCUT2D eigenvalue weighted by molar-refractivity contribution is -0.136. The Morgan fingerprint density at radius 1 is 0.946 bits per heavy atom. The first kappa shape index (κ1) is 26.0. The van der Waals surface area contributed by atoms with Gasteiger partial charge in [0.05, 0.1) is 24.9 Å². The number of benzene rings is 3. The largest absolute Gasteiger partial charge is 0.493 e. The van der Waals surface area contributed by atoms with Gasteiger partial charge in [-0.05, 0) is 54.6 Å². The molecule has 188 valence electrons. The van der Waals surface area contributed by atoms with Gasteiger partial charge in [0, 0.05) is 34.0 Å². The summed E-state index contributed by atoms with van der Waals surface area (Å²) in [4.78, 5) is 24.8. The summed E-state index contributed by atoms with van der Waals surface area (Å²) in [6, 6.07) is 19.5. The fourth-order valence-corrected chi connectivity index (χ4v) is 4.08. The number of methoxy groups -OCH3 is 2. The van der Waals surface area contributed by atoms with Crippen LogP contribution >= 0.6 is 23.2 Å². The van der Waals surface area contributed by atoms with E-state index in [4.69, 9.17) is 42.5 Å². The van der Waals surface area contributed by atoms with Crippen LogP contribution in [0.1, 0.15) is 15.9 Å². The van der Waals surface area contributed by atoms with Crippen LogP contribution in [0.25, 0.3) is 23.0 Å². The van der Waals surface area contributed by atoms with E-state index in [9.17, 15) is 9.59 Å². The van der Waals surface area contributed by atoms with Crippen LogP contribution < -0.4 is 9.47 Å². The summed E-state index contributed by atoms with van der Waals surface area (Å²) in [7, 11) is 3.12. The maximum Gasteiger partial charge on any atom is 0.331 e. The zero-order valence-electron chi connectivity index (χ0n) is 20.0. The minimum absolute atomic E-state index is 0.192. The van der Waals surface area contributed by atoms with Crippen molar-refractivity contribution in [2.75, 3.05) is 20.8 Å². The molecule has 0 spiro atoms. The molecule has 0 aliphatic heterocycles. The summed E-state index contributed by atoms with van der Waals surface area (Å²) in [5.41, 5.74) is 3.09. The smallest absolute Gasteiger partial charge is 0.331 e. The molecule has 1 aromatic heterocycles. The molecule has 1 heterocycles. The molecule has 7 nitrogen and oxygen atoms in total. The minimum Gasteiger partial charge on any atom is -0.493 e. The number of halogens is 2. The van der Waals surface area contributed by atoms with Crippen LogP contribution in [0.5, 0.6) is 11.5 Å². The Hall–Kier alpha value is -4.07. The highest BCUT2D eigenvalue weighted by molar-refractivity contribution is 6.36. The number of carbonyl (C=O) groups is 2. The third-order valence-electron chi connectivity index (χ3n) is 5.40. The number of para-hydroxylation sites is 1. The lowest BCUT2D eigenvalue weighted by Crippen LogP contribution is -2.13. The third-order valence-corrected chi connectivity index (χ3v) is 5.94. The van der Waals surface area contributed by atoms with Crippen molar-refractivity contribution in [3.63, 3.8) is 0 Å². The molecule has 4 aromatic rings. The quantitative estimate of drug-likeness (QED) is 0.142. The van der Waals surface area contributed by atoms with E-state index in [-0.39, 0.29) is 10.6 Å². The SMILES string of the molecule is COc1ccc(-c2nn(-c3ccccc3)cc2/C=C/C(=O)OCC(=O)c2ccc(Cl)cc2Cl)cc1OC.